The molecule has 1 unspecified atom stereocenters. The van der Waals surface area contributed by atoms with Gasteiger partial charge >= 0.3 is 0 Å². The van der Waals surface area contributed by atoms with Crippen LogP contribution in [0, 0.1) is 11.3 Å². The number of carbonyl (C=O) groups excluding carboxylic acids is 2. The summed E-state index contributed by atoms with van der Waals surface area (Å²) < 4.78 is 28.6. The Labute approximate surface area is 209 Å². The Morgan fingerprint density at radius 1 is 1.28 bits per heavy atom. The van der Waals surface area contributed by atoms with E-state index in [9.17, 15) is 18.0 Å². The van der Waals surface area contributed by atoms with Crippen molar-refractivity contribution in [1.29, 1.82) is 5.26 Å². The third-order valence-corrected chi connectivity index (χ3v) is 10.0. The summed E-state index contributed by atoms with van der Waals surface area (Å²) >= 11 is 0. The van der Waals surface area contributed by atoms with E-state index in [4.69, 9.17) is 11.0 Å². The molecule has 0 spiro atoms. The highest BCUT2D eigenvalue weighted by atomic mass is 32.2. The van der Waals surface area contributed by atoms with Crippen LogP contribution in [0.25, 0.3) is 0 Å². The molecule has 3 aliphatic rings. The fourth-order valence-corrected chi connectivity index (χ4v) is 7.32. The summed E-state index contributed by atoms with van der Waals surface area (Å²) in [6.07, 6.45) is 2.10. The summed E-state index contributed by atoms with van der Waals surface area (Å²) in [6.45, 7) is 1.46. The number of nitrogens with one attached hydrogen (secondary N) is 1. The lowest BCUT2D eigenvalue weighted by molar-refractivity contribution is 0.0723. The Kier molecular flexibility index (Phi) is 6.10. The van der Waals surface area contributed by atoms with Crippen molar-refractivity contribution in [3.63, 3.8) is 0 Å². The Morgan fingerprint density at radius 2 is 2.00 bits per heavy atom. The molecule has 1 aliphatic carbocycles. The van der Waals surface area contributed by atoms with Crippen molar-refractivity contribution in [2.45, 2.75) is 43.0 Å². The lowest BCUT2D eigenvalue weighted by Crippen LogP contribution is -2.49. The number of carbonyl (C=O) groups is 2. The Bertz CT molecular complexity index is 1360. The molecule has 5 rings (SSSR count). The van der Waals surface area contributed by atoms with Crippen LogP contribution >= 0.6 is 0 Å². The molecule has 11 nitrogen and oxygen atoms in total. The molecule has 190 valence electrons. The first-order valence-corrected chi connectivity index (χ1v) is 13.5. The molecule has 0 bridgehead atoms. The van der Waals surface area contributed by atoms with E-state index in [0.29, 0.717) is 62.1 Å². The monoisotopic (exact) mass is 511 g/mol. The zero-order chi connectivity index (χ0) is 25.7. The van der Waals surface area contributed by atoms with Gasteiger partial charge in [0.05, 0.1) is 11.6 Å². The van der Waals surface area contributed by atoms with Crippen LogP contribution in [-0.2, 0) is 30.0 Å². The molecular weight excluding hydrogens is 482 g/mol. The summed E-state index contributed by atoms with van der Waals surface area (Å²) in [5, 5.41) is 16.1. The highest BCUT2D eigenvalue weighted by Crippen LogP contribution is 2.47. The van der Waals surface area contributed by atoms with Gasteiger partial charge in [-0.05, 0) is 43.4 Å². The van der Waals surface area contributed by atoms with Crippen molar-refractivity contribution in [3.05, 3.63) is 52.3 Å². The maximum atomic E-state index is 13.4. The van der Waals surface area contributed by atoms with Crippen molar-refractivity contribution < 1.29 is 18.0 Å². The number of amides is 2. The van der Waals surface area contributed by atoms with Gasteiger partial charge in [-0.2, -0.15) is 14.7 Å². The van der Waals surface area contributed by atoms with Crippen LogP contribution in [-0.4, -0.2) is 76.2 Å². The molecule has 2 amide bonds. The number of nitrogens with two attached hydrogens (primary N) is 1. The SMILES string of the molecule is Cn1nc(C(=O)NCc2ccc(C#N)cc2)c2c1C(=O)N(CC1(S(=O)(=O)N3CCC(N)C3)CC1)CC2. The molecule has 2 aliphatic heterocycles. The number of rotatable bonds is 7. The summed E-state index contributed by atoms with van der Waals surface area (Å²) in [5.74, 6) is -0.693. The number of sulfonamides is 1. The standard InChI is InChI=1S/C24H29N7O4S/c1-29-21-19(20(28-29)22(32)27-13-17-4-2-16(12-25)3-5-17)7-10-30(23(21)33)15-24(8-9-24)36(34,35)31-11-6-18(26)14-31/h2-5,18H,6-11,13-15,26H2,1H3,(H,27,32). The molecule has 1 aromatic carbocycles. The number of nitriles is 1. The Hall–Kier alpha value is -3.27. The molecule has 2 aromatic rings. The van der Waals surface area contributed by atoms with E-state index in [1.807, 2.05) is 0 Å². The van der Waals surface area contributed by atoms with E-state index in [-0.39, 0.29) is 36.6 Å². The lowest BCUT2D eigenvalue weighted by Gasteiger charge is -2.32. The molecule has 2 fully saturated rings. The zero-order valence-electron chi connectivity index (χ0n) is 20.1. The van der Waals surface area contributed by atoms with E-state index in [2.05, 4.69) is 16.5 Å². The topological polar surface area (TPSA) is 154 Å². The minimum absolute atomic E-state index is 0.130. The first-order chi connectivity index (χ1) is 17.1. The van der Waals surface area contributed by atoms with Gasteiger partial charge in [-0.25, -0.2) is 8.42 Å². The number of aromatic nitrogens is 2. The fourth-order valence-electron chi connectivity index (χ4n) is 5.10. The third kappa shape index (κ3) is 4.17. The second-order valence-corrected chi connectivity index (χ2v) is 12.2. The number of aryl methyl sites for hydroxylation is 1. The van der Waals surface area contributed by atoms with E-state index in [1.165, 1.54) is 8.99 Å². The van der Waals surface area contributed by atoms with E-state index in [1.54, 1.807) is 36.2 Å². The zero-order valence-corrected chi connectivity index (χ0v) is 20.9. The molecule has 1 saturated heterocycles. The molecule has 1 saturated carbocycles. The Morgan fingerprint density at radius 3 is 2.61 bits per heavy atom. The van der Waals surface area contributed by atoms with E-state index in [0.717, 1.165) is 5.56 Å². The van der Waals surface area contributed by atoms with Crippen molar-refractivity contribution in [2.75, 3.05) is 26.2 Å². The lowest BCUT2D eigenvalue weighted by atomic mass is 10.0. The predicted octanol–water partition coefficient (Wildman–Crippen LogP) is 0.115. The molecule has 12 heteroatoms. The van der Waals surface area contributed by atoms with Crippen LogP contribution in [0.2, 0.25) is 0 Å². The number of nitrogens with zero attached hydrogens (tertiary/aromatic N) is 5. The smallest absolute Gasteiger partial charge is 0.272 e. The van der Waals surface area contributed by atoms with Gasteiger partial charge in [0, 0.05) is 51.4 Å². The van der Waals surface area contributed by atoms with Gasteiger partial charge in [0.15, 0.2) is 5.69 Å². The minimum atomic E-state index is -3.56. The van der Waals surface area contributed by atoms with Crippen LogP contribution in [0.4, 0.5) is 0 Å². The summed E-state index contributed by atoms with van der Waals surface area (Å²) in [4.78, 5) is 27.9. The summed E-state index contributed by atoms with van der Waals surface area (Å²) in [5.41, 5.74) is 8.41. The number of hydrogen-bond acceptors (Lipinski definition) is 7. The molecular formula is C24H29N7O4S. The van der Waals surface area contributed by atoms with Gasteiger partial charge in [-0.15, -0.1) is 0 Å². The molecule has 3 N–H and O–H groups in total. The van der Waals surface area contributed by atoms with Crippen LogP contribution in [0.1, 0.15) is 56.9 Å². The quantitative estimate of drug-likeness (QED) is 0.535. The first-order valence-electron chi connectivity index (χ1n) is 12.0. The van der Waals surface area contributed by atoms with Crippen LogP contribution in [0.15, 0.2) is 24.3 Å². The van der Waals surface area contributed by atoms with Gasteiger partial charge < -0.3 is 16.0 Å². The normalized spacial score (nSPS) is 21.2. The van der Waals surface area contributed by atoms with Crippen molar-refractivity contribution in [1.82, 2.24) is 24.3 Å². The van der Waals surface area contributed by atoms with E-state index < -0.39 is 14.8 Å². The molecule has 0 radical (unpaired) electrons. The highest BCUT2D eigenvalue weighted by molar-refractivity contribution is 7.90. The van der Waals surface area contributed by atoms with Crippen molar-refractivity contribution in [3.8, 4) is 6.07 Å². The highest BCUT2D eigenvalue weighted by Gasteiger charge is 2.59. The maximum Gasteiger partial charge on any atom is 0.272 e. The second kappa shape index (κ2) is 8.99. The molecule has 36 heavy (non-hydrogen) atoms. The molecule has 3 heterocycles. The van der Waals surface area contributed by atoms with Crippen molar-refractivity contribution in [2.24, 2.45) is 12.8 Å². The van der Waals surface area contributed by atoms with Gasteiger partial charge in [0.25, 0.3) is 11.8 Å². The summed E-state index contributed by atoms with van der Waals surface area (Å²) in [6, 6.07) is 8.81. The average molecular weight is 512 g/mol. The average Bonchev–Trinajstić information content (AvgIpc) is 3.40. The number of fused-ring (bicyclic) bond motifs is 1. The van der Waals surface area contributed by atoms with Gasteiger partial charge in [-0.3, -0.25) is 14.3 Å². The number of benzene rings is 1. The number of hydrogen-bond donors (Lipinski definition) is 2. The van der Waals surface area contributed by atoms with E-state index >= 15 is 0 Å². The van der Waals surface area contributed by atoms with Crippen LogP contribution in [0.5, 0.6) is 0 Å². The Balaban J connectivity index is 1.29. The van der Waals surface area contributed by atoms with Crippen LogP contribution in [0.3, 0.4) is 0 Å². The maximum absolute atomic E-state index is 13.4. The van der Waals surface area contributed by atoms with Gasteiger partial charge in [0.2, 0.25) is 10.0 Å². The van der Waals surface area contributed by atoms with Crippen molar-refractivity contribution >= 4 is 21.8 Å². The van der Waals surface area contributed by atoms with Gasteiger partial charge in [0.1, 0.15) is 10.4 Å². The molecule has 1 atom stereocenters. The molecule has 1 aromatic heterocycles. The second-order valence-electron chi connectivity index (χ2n) is 9.86. The predicted molar refractivity (Wildman–Crippen MR) is 130 cm³/mol. The summed E-state index contributed by atoms with van der Waals surface area (Å²) in [7, 11) is -1.94. The third-order valence-electron chi connectivity index (χ3n) is 7.38. The van der Waals surface area contributed by atoms with Gasteiger partial charge in [-0.1, -0.05) is 12.1 Å². The minimum Gasteiger partial charge on any atom is -0.347 e. The van der Waals surface area contributed by atoms with Crippen LogP contribution < -0.4 is 11.1 Å². The largest absolute Gasteiger partial charge is 0.347 e. The first kappa shape index (κ1) is 24.4. The fraction of sp³-hybridized carbons (Fsp3) is 0.500.